The van der Waals surface area contributed by atoms with Crippen molar-refractivity contribution in [1.82, 2.24) is 4.90 Å². The second kappa shape index (κ2) is 7.43. The van der Waals surface area contributed by atoms with Gasteiger partial charge in [-0.1, -0.05) is 32.9 Å². The number of hydrogen-bond donors (Lipinski definition) is 1. The van der Waals surface area contributed by atoms with E-state index in [2.05, 4.69) is 26.1 Å². The van der Waals surface area contributed by atoms with Gasteiger partial charge in [-0.25, -0.2) is 0 Å². The number of hydrogen-bond acceptors (Lipinski definition) is 3. The number of carbonyl (C=O) groups is 2. The van der Waals surface area contributed by atoms with Crippen molar-refractivity contribution in [3.05, 3.63) is 59.2 Å². The average Bonchev–Trinajstić information content (AvgIpc) is 2.80. The first-order valence-electron chi connectivity index (χ1n) is 9.27. The summed E-state index contributed by atoms with van der Waals surface area (Å²) in [5, 5.41) is 2.88. The van der Waals surface area contributed by atoms with Crippen LogP contribution in [0.3, 0.4) is 0 Å². The Balaban J connectivity index is 1.80. The molecule has 0 bridgehead atoms. The number of fused-ring (bicyclic) bond motifs is 1. The highest BCUT2D eigenvalue weighted by atomic mass is 16.5. The summed E-state index contributed by atoms with van der Waals surface area (Å²) in [6.07, 6.45) is 0. The minimum Gasteiger partial charge on any atom is -0.491 e. The quantitative estimate of drug-likeness (QED) is 0.890. The van der Waals surface area contributed by atoms with Crippen LogP contribution in [0, 0.1) is 0 Å². The number of benzene rings is 2. The highest BCUT2D eigenvalue weighted by molar-refractivity contribution is 6.05. The maximum Gasteiger partial charge on any atom is 0.257 e. The van der Waals surface area contributed by atoms with Gasteiger partial charge < -0.3 is 15.0 Å². The largest absolute Gasteiger partial charge is 0.491 e. The molecule has 0 saturated carbocycles. The molecule has 2 amide bonds. The van der Waals surface area contributed by atoms with Crippen LogP contribution in [-0.2, 0) is 5.41 Å². The topological polar surface area (TPSA) is 58.6 Å². The summed E-state index contributed by atoms with van der Waals surface area (Å²) < 4.78 is 5.67. The lowest BCUT2D eigenvalue weighted by atomic mass is 9.87. The molecular formula is C22H26N2O3. The number of likely N-dealkylation sites (N-methyl/N-ethyl adjacent to an activating group) is 1. The highest BCUT2D eigenvalue weighted by Crippen LogP contribution is 2.27. The van der Waals surface area contributed by atoms with Gasteiger partial charge in [0, 0.05) is 17.8 Å². The van der Waals surface area contributed by atoms with Gasteiger partial charge in [0.25, 0.3) is 11.8 Å². The van der Waals surface area contributed by atoms with E-state index in [0.717, 1.165) is 0 Å². The van der Waals surface area contributed by atoms with Crippen LogP contribution in [0.4, 0.5) is 5.69 Å². The number of ether oxygens (including phenoxy) is 1. The molecule has 142 valence electrons. The first-order chi connectivity index (χ1) is 12.8. The molecule has 0 fully saturated rings. The molecule has 1 heterocycles. The van der Waals surface area contributed by atoms with Crippen LogP contribution in [0.1, 0.15) is 54.0 Å². The fraction of sp³-hybridized carbons (Fsp3) is 0.364. The molecule has 1 aliphatic rings. The predicted molar refractivity (Wildman–Crippen MR) is 107 cm³/mol. The van der Waals surface area contributed by atoms with E-state index in [1.165, 1.54) is 5.56 Å². The third kappa shape index (κ3) is 4.13. The summed E-state index contributed by atoms with van der Waals surface area (Å²) >= 11 is 0. The Morgan fingerprint density at radius 1 is 1.15 bits per heavy atom. The van der Waals surface area contributed by atoms with Crippen molar-refractivity contribution in [2.24, 2.45) is 0 Å². The summed E-state index contributed by atoms with van der Waals surface area (Å²) in [6.45, 7) is 10.0. The Morgan fingerprint density at radius 2 is 1.85 bits per heavy atom. The molecule has 0 aromatic heterocycles. The van der Waals surface area contributed by atoms with Gasteiger partial charge in [-0.3, -0.25) is 9.59 Å². The van der Waals surface area contributed by atoms with Crippen LogP contribution in [-0.4, -0.2) is 36.4 Å². The lowest BCUT2D eigenvalue weighted by Crippen LogP contribution is -2.32. The third-order valence-electron chi connectivity index (χ3n) is 4.77. The van der Waals surface area contributed by atoms with Crippen molar-refractivity contribution in [3.8, 4) is 5.75 Å². The number of nitrogens with zero attached hydrogens (tertiary/aromatic N) is 1. The second-order valence-corrected chi connectivity index (χ2v) is 7.73. The van der Waals surface area contributed by atoms with Crippen molar-refractivity contribution in [1.29, 1.82) is 0 Å². The molecule has 0 saturated heterocycles. The zero-order valence-corrected chi connectivity index (χ0v) is 16.3. The summed E-state index contributed by atoms with van der Waals surface area (Å²) in [5.74, 6) is 0.281. The zero-order chi connectivity index (χ0) is 19.6. The normalized spacial score (nSPS) is 14.2. The molecule has 2 aromatic rings. The fourth-order valence-electron chi connectivity index (χ4n) is 3.07. The van der Waals surface area contributed by atoms with E-state index < -0.39 is 0 Å². The van der Waals surface area contributed by atoms with Crippen LogP contribution in [0.5, 0.6) is 5.75 Å². The van der Waals surface area contributed by atoms with E-state index in [9.17, 15) is 9.59 Å². The Morgan fingerprint density at radius 3 is 2.48 bits per heavy atom. The molecule has 0 atom stereocenters. The summed E-state index contributed by atoms with van der Waals surface area (Å²) in [6, 6.07) is 12.8. The number of anilines is 1. The SMILES string of the molecule is CCN1CCOc2ccc(NC(=O)c3ccc(C(C)(C)C)cc3)cc2C1=O. The molecule has 1 N–H and O–H groups in total. The Bertz CT molecular complexity index is 851. The molecule has 27 heavy (non-hydrogen) atoms. The van der Waals surface area contributed by atoms with Gasteiger partial charge in [0.05, 0.1) is 12.1 Å². The van der Waals surface area contributed by atoms with E-state index >= 15 is 0 Å². The maximum atomic E-state index is 12.6. The van der Waals surface area contributed by atoms with Crippen molar-refractivity contribution in [2.75, 3.05) is 25.0 Å². The smallest absolute Gasteiger partial charge is 0.257 e. The van der Waals surface area contributed by atoms with Gasteiger partial charge in [0.1, 0.15) is 12.4 Å². The Kier molecular flexibility index (Phi) is 5.22. The molecule has 0 unspecified atom stereocenters. The number of amides is 2. The molecule has 5 nitrogen and oxygen atoms in total. The lowest BCUT2D eigenvalue weighted by Gasteiger charge is -2.19. The molecule has 3 rings (SSSR count). The first-order valence-corrected chi connectivity index (χ1v) is 9.27. The molecular weight excluding hydrogens is 340 g/mol. The zero-order valence-electron chi connectivity index (χ0n) is 16.3. The van der Waals surface area contributed by atoms with Crippen LogP contribution >= 0.6 is 0 Å². The molecule has 0 spiro atoms. The van der Waals surface area contributed by atoms with Crippen LogP contribution < -0.4 is 10.1 Å². The minimum absolute atomic E-state index is 0.0392. The van der Waals surface area contributed by atoms with Crippen molar-refractivity contribution in [2.45, 2.75) is 33.1 Å². The van der Waals surface area contributed by atoms with E-state index in [0.29, 0.717) is 42.3 Å². The first kappa shape index (κ1) is 19.0. The fourth-order valence-corrected chi connectivity index (χ4v) is 3.07. The summed E-state index contributed by atoms with van der Waals surface area (Å²) in [4.78, 5) is 27.0. The van der Waals surface area contributed by atoms with Gasteiger partial charge in [-0.05, 0) is 48.2 Å². The number of carbonyl (C=O) groups excluding carboxylic acids is 2. The maximum absolute atomic E-state index is 12.6. The summed E-state index contributed by atoms with van der Waals surface area (Å²) in [5.41, 5.74) is 2.85. The minimum atomic E-state index is -0.204. The third-order valence-corrected chi connectivity index (χ3v) is 4.77. The van der Waals surface area contributed by atoms with Gasteiger partial charge in [0.2, 0.25) is 0 Å². The van der Waals surface area contributed by atoms with E-state index in [4.69, 9.17) is 4.74 Å². The average molecular weight is 366 g/mol. The van der Waals surface area contributed by atoms with E-state index in [1.54, 1.807) is 23.1 Å². The second-order valence-electron chi connectivity index (χ2n) is 7.73. The van der Waals surface area contributed by atoms with Crippen LogP contribution in [0.25, 0.3) is 0 Å². The molecule has 0 aliphatic carbocycles. The Hall–Kier alpha value is -2.82. The van der Waals surface area contributed by atoms with Crippen molar-refractivity contribution < 1.29 is 14.3 Å². The van der Waals surface area contributed by atoms with Crippen molar-refractivity contribution in [3.63, 3.8) is 0 Å². The standard InChI is InChI=1S/C22H26N2O3/c1-5-24-12-13-27-19-11-10-17(14-18(19)21(24)26)23-20(25)15-6-8-16(9-7-15)22(2,3)4/h6-11,14H,5,12-13H2,1-4H3,(H,23,25). The molecule has 2 aromatic carbocycles. The molecule has 1 aliphatic heterocycles. The van der Waals surface area contributed by atoms with Gasteiger partial charge in [0.15, 0.2) is 0 Å². The van der Waals surface area contributed by atoms with Crippen LogP contribution in [0.15, 0.2) is 42.5 Å². The van der Waals surface area contributed by atoms with Gasteiger partial charge in [-0.2, -0.15) is 0 Å². The number of rotatable bonds is 3. The summed E-state index contributed by atoms with van der Waals surface area (Å²) in [7, 11) is 0. The lowest BCUT2D eigenvalue weighted by molar-refractivity contribution is 0.0764. The molecule has 5 heteroatoms. The Labute approximate surface area is 160 Å². The highest BCUT2D eigenvalue weighted by Gasteiger charge is 2.23. The van der Waals surface area contributed by atoms with E-state index in [1.807, 2.05) is 31.2 Å². The van der Waals surface area contributed by atoms with Crippen LogP contribution in [0.2, 0.25) is 0 Å². The van der Waals surface area contributed by atoms with Crippen molar-refractivity contribution >= 4 is 17.5 Å². The van der Waals surface area contributed by atoms with Gasteiger partial charge in [-0.15, -0.1) is 0 Å². The van der Waals surface area contributed by atoms with E-state index in [-0.39, 0.29) is 17.2 Å². The monoisotopic (exact) mass is 366 g/mol. The van der Waals surface area contributed by atoms with Gasteiger partial charge >= 0.3 is 0 Å². The molecule has 0 radical (unpaired) electrons. The predicted octanol–water partition coefficient (Wildman–Crippen LogP) is 4.09. The number of nitrogens with one attached hydrogen (secondary N) is 1.